The summed E-state index contributed by atoms with van der Waals surface area (Å²) in [6.45, 7) is 0. The molecule has 0 aromatic heterocycles. The molecule has 0 unspecified atom stereocenters. The highest BCUT2D eigenvalue weighted by Gasteiger charge is 2.12. The van der Waals surface area contributed by atoms with Gasteiger partial charge in [-0.25, -0.2) is 4.39 Å². The molecule has 0 bridgehead atoms. The summed E-state index contributed by atoms with van der Waals surface area (Å²) >= 11 is 0. The van der Waals surface area contributed by atoms with Crippen LogP contribution in [0.25, 0.3) is 5.57 Å². The van der Waals surface area contributed by atoms with Crippen LogP contribution in [0.4, 0.5) is 4.39 Å². The van der Waals surface area contributed by atoms with Gasteiger partial charge in [0.15, 0.2) is 5.78 Å². The lowest BCUT2D eigenvalue weighted by molar-refractivity contribution is -0.114. The second-order valence-corrected chi connectivity index (χ2v) is 3.14. The van der Waals surface area contributed by atoms with Gasteiger partial charge in [-0.1, -0.05) is 12.1 Å². The van der Waals surface area contributed by atoms with Crippen molar-refractivity contribution in [2.24, 2.45) is 0 Å². The standard InChI is InChI=1S/C11H9FO/c12-10-4-1-8(2-5-10)9-3-6-11(13)7-9/h1-2,4-5,7H,3,6H2. The van der Waals surface area contributed by atoms with E-state index >= 15 is 0 Å². The van der Waals surface area contributed by atoms with E-state index in [9.17, 15) is 9.18 Å². The van der Waals surface area contributed by atoms with Gasteiger partial charge in [-0.3, -0.25) is 4.79 Å². The summed E-state index contributed by atoms with van der Waals surface area (Å²) in [5, 5.41) is 0. The van der Waals surface area contributed by atoms with E-state index in [1.165, 1.54) is 12.1 Å². The summed E-state index contributed by atoms with van der Waals surface area (Å²) in [6.07, 6.45) is 3.02. The molecule has 0 aliphatic heterocycles. The molecule has 0 fully saturated rings. The lowest BCUT2D eigenvalue weighted by Crippen LogP contribution is -1.80. The summed E-state index contributed by atoms with van der Waals surface area (Å²) < 4.78 is 12.6. The van der Waals surface area contributed by atoms with Crippen molar-refractivity contribution >= 4 is 11.4 Å². The average molecular weight is 176 g/mol. The molecular weight excluding hydrogens is 167 g/mol. The number of hydrogen-bond donors (Lipinski definition) is 0. The predicted octanol–water partition coefficient (Wildman–Crippen LogP) is 2.57. The first-order valence-corrected chi connectivity index (χ1v) is 4.25. The van der Waals surface area contributed by atoms with Crippen LogP contribution in [0.5, 0.6) is 0 Å². The molecular formula is C11H9FO. The highest BCUT2D eigenvalue weighted by molar-refractivity contribution is 6.01. The largest absolute Gasteiger partial charge is 0.295 e. The maximum atomic E-state index is 12.6. The van der Waals surface area contributed by atoms with Crippen LogP contribution < -0.4 is 0 Å². The van der Waals surface area contributed by atoms with Crippen molar-refractivity contribution in [2.75, 3.05) is 0 Å². The maximum Gasteiger partial charge on any atom is 0.156 e. The highest BCUT2D eigenvalue weighted by atomic mass is 19.1. The van der Waals surface area contributed by atoms with Crippen LogP contribution in [0.3, 0.4) is 0 Å². The number of carbonyl (C=O) groups is 1. The summed E-state index contributed by atoms with van der Waals surface area (Å²) in [6, 6.07) is 6.25. The molecule has 1 aromatic carbocycles. The smallest absolute Gasteiger partial charge is 0.156 e. The number of ketones is 1. The van der Waals surface area contributed by atoms with Gasteiger partial charge in [-0.15, -0.1) is 0 Å². The highest BCUT2D eigenvalue weighted by Crippen LogP contribution is 2.25. The summed E-state index contributed by atoms with van der Waals surface area (Å²) in [5.41, 5.74) is 1.97. The molecule has 1 aliphatic carbocycles. The fourth-order valence-electron chi connectivity index (χ4n) is 1.49. The second kappa shape index (κ2) is 3.13. The Bertz CT molecular complexity index is 362. The molecule has 2 heteroatoms. The topological polar surface area (TPSA) is 17.1 Å². The molecule has 1 aromatic rings. The minimum absolute atomic E-state index is 0.166. The van der Waals surface area contributed by atoms with E-state index in [4.69, 9.17) is 0 Å². The Morgan fingerprint density at radius 1 is 1.08 bits per heavy atom. The van der Waals surface area contributed by atoms with Crippen molar-refractivity contribution in [3.8, 4) is 0 Å². The minimum atomic E-state index is -0.242. The van der Waals surface area contributed by atoms with Crippen molar-refractivity contribution in [2.45, 2.75) is 12.8 Å². The minimum Gasteiger partial charge on any atom is -0.295 e. The Morgan fingerprint density at radius 3 is 2.31 bits per heavy atom. The SMILES string of the molecule is O=C1C=C(c2ccc(F)cc2)CC1. The Hall–Kier alpha value is -1.44. The van der Waals surface area contributed by atoms with Crippen molar-refractivity contribution in [3.63, 3.8) is 0 Å². The molecule has 2 rings (SSSR count). The third kappa shape index (κ3) is 1.66. The van der Waals surface area contributed by atoms with Gasteiger partial charge in [0.25, 0.3) is 0 Å². The van der Waals surface area contributed by atoms with E-state index in [1.807, 2.05) is 0 Å². The summed E-state index contributed by atoms with van der Waals surface area (Å²) in [5.74, 6) is -0.0759. The first-order valence-electron chi connectivity index (χ1n) is 4.25. The van der Waals surface area contributed by atoms with E-state index in [1.54, 1.807) is 18.2 Å². The molecule has 0 amide bonds. The van der Waals surface area contributed by atoms with Crippen molar-refractivity contribution in [3.05, 3.63) is 41.7 Å². The molecule has 0 N–H and O–H groups in total. The first-order chi connectivity index (χ1) is 6.25. The van der Waals surface area contributed by atoms with Crippen molar-refractivity contribution < 1.29 is 9.18 Å². The molecule has 1 nitrogen and oxygen atoms in total. The molecule has 13 heavy (non-hydrogen) atoms. The first kappa shape index (κ1) is 8.17. The normalized spacial score (nSPS) is 16.1. The van der Waals surface area contributed by atoms with Crippen molar-refractivity contribution in [1.29, 1.82) is 0 Å². The molecule has 0 radical (unpaired) electrons. The molecule has 66 valence electrons. The van der Waals surface area contributed by atoms with Crippen LogP contribution in [0.2, 0.25) is 0 Å². The fraction of sp³-hybridized carbons (Fsp3) is 0.182. The van der Waals surface area contributed by atoms with Gasteiger partial charge in [0.1, 0.15) is 5.82 Å². The Kier molecular flexibility index (Phi) is 1.97. The number of rotatable bonds is 1. The van der Waals surface area contributed by atoms with E-state index in [0.717, 1.165) is 17.6 Å². The summed E-state index contributed by atoms with van der Waals surface area (Å²) in [7, 11) is 0. The monoisotopic (exact) mass is 176 g/mol. The third-order valence-electron chi connectivity index (χ3n) is 2.19. The fourth-order valence-corrected chi connectivity index (χ4v) is 1.49. The van der Waals surface area contributed by atoms with Gasteiger partial charge in [0.05, 0.1) is 0 Å². The third-order valence-corrected chi connectivity index (χ3v) is 2.19. The number of allylic oxidation sites excluding steroid dienone is 2. The van der Waals surface area contributed by atoms with Crippen LogP contribution >= 0.6 is 0 Å². The van der Waals surface area contributed by atoms with Crippen LogP contribution in [-0.4, -0.2) is 5.78 Å². The van der Waals surface area contributed by atoms with E-state index in [0.29, 0.717) is 6.42 Å². The van der Waals surface area contributed by atoms with Crippen LogP contribution in [0, 0.1) is 5.82 Å². The van der Waals surface area contributed by atoms with Crippen LogP contribution in [0.15, 0.2) is 30.3 Å². The van der Waals surface area contributed by atoms with Gasteiger partial charge >= 0.3 is 0 Å². The van der Waals surface area contributed by atoms with E-state index in [-0.39, 0.29) is 11.6 Å². The number of hydrogen-bond acceptors (Lipinski definition) is 1. The zero-order chi connectivity index (χ0) is 9.26. The van der Waals surface area contributed by atoms with Gasteiger partial charge in [0, 0.05) is 6.42 Å². The van der Waals surface area contributed by atoms with Crippen molar-refractivity contribution in [1.82, 2.24) is 0 Å². The van der Waals surface area contributed by atoms with Crippen LogP contribution in [0.1, 0.15) is 18.4 Å². The zero-order valence-electron chi connectivity index (χ0n) is 7.09. The molecule has 0 saturated carbocycles. The Labute approximate surface area is 75.9 Å². The average Bonchev–Trinajstić information content (AvgIpc) is 2.53. The number of benzene rings is 1. The molecule has 0 spiro atoms. The molecule has 0 heterocycles. The van der Waals surface area contributed by atoms with E-state index in [2.05, 4.69) is 0 Å². The lowest BCUT2D eigenvalue weighted by Gasteiger charge is -1.99. The Morgan fingerprint density at radius 2 is 1.77 bits per heavy atom. The van der Waals surface area contributed by atoms with Gasteiger partial charge in [0.2, 0.25) is 0 Å². The Balaban J connectivity index is 2.31. The summed E-state index contributed by atoms with van der Waals surface area (Å²) in [4.78, 5) is 10.9. The number of halogens is 1. The van der Waals surface area contributed by atoms with Gasteiger partial charge in [-0.05, 0) is 35.8 Å². The van der Waals surface area contributed by atoms with E-state index < -0.39 is 0 Å². The van der Waals surface area contributed by atoms with Gasteiger partial charge < -0.3 is 0 Å². The maximum absolute atomic E-state index is 12.6. The predicted molar refractivity (Wildman–Crippen MR) is 48.6 cm³/mol. The van der Waals surface area contributed by atoms with Gasteiger partial charge in [-0.2, -0.15) is 0 Å². The number of carbonyl (C=O) groups excluding carboxylic acids is 1. The quantitative estimate of drug-likeness (QED) is 0.642. The molecule has 1 aliphatic rings. The zero-order valence-corrected chi connectivity index (χ0v) is 7.09. The lowest BCUT2D eigenvalue weighted by atomic mass is 10.1. The molecule has 0 saturated heterocycles. The van der Waals surface area contributed by atoms with Crippen LogP contribution in [-0.2, 0) is 4.79 Å². The molecule has 0 atom stereocenters. The second-order valence-electron chi connectivity index (χ2n) is 3.14.